The number of hydrogen-bond donors (Lipinski definition) is 2. The van der Waals surface area contributed by atoms with Crippen LogP contribution in [0.5, 0.6) is 0 Å². The van der Waals surface area contributed by atoms with Crippen molar-refractivity contribution < 1.29 is 14.0 Å². The third kappa shape index (κ3) is 4.43. The summed E-state index contributed by atoms with van der Waals surface area (Å²) in [6.07, 6.45) is 4.85. The van der Waals surface area contributed by atoms with Crippen molar-refractivity contribution in [1.29, 1.82) is 0 Å². The second-order valence-corrected chi connectivity index (χ2v) is 5.48. The van der Waals surface area contributed by atoms with E-state index in [1.54, 1.807) is 12.1 Å². The Morgan fingerprint density at radius 1 is 1.08 bits per heavy atom. The maximum Gasteiger partial charge on any atom is 0.286 e. The third-order valence-electron chi connectivity index (χ3n) is 3.67. The molecule has 3 heterocycles. The lowest BCUT2D eigenvalue weighted by molar-refractivity contribution is -0.121. The molecule has 0 aliphatic heterocycles. The molecule has 0 unspecified atom stereocenters. The summed E-state index contributed by atoms with van der Waals surface area (Å²) in [6, 6.07) is 8.94. The second-order valence-electron chi connectivity index (χ2n) is 5.48. The molecule has 3 aromatic rings. The first-order chi connectivity index (χ1) is 12.2. The first-order valence-electron chi connectivity index (χ1n) is 8.11. The highest BCUT2D eigenvalue weighted by molar-refractivity contribution is 5.91. The Morgan fingerprint density at radius 3 is 2.84 bits per heavy atom. The molecular formula is C17H19N5O3. The summed E-state index contributed by atoms with van der Waals surface area (Å²) in [5.74, 6) is 0.747. The van der Waals surface area contributed by atoms with Crippen LogP contribution >= 0.6 is 0 Å². The highest BCUT2D eigenvalue weighted by atomic mass is 16.3. The summed E-state index contributed by atoms with van der Waals surface area (Å²) >= 11 is 0. The maximum atomic E-state index is 11.8. The molecular weight excluding hydrogens is 322 g/mol. The zero-order chi connectivity index (χ0) is 17.5. The summed E-state index contributed by atoms with van der Waals surface area (Å²) in [6.45, 7) is 0.912. The van der Waals surface area contributed by atoms with Gasteiger partial charge in [-0.15, -0.1) is 10.2 Å². The molecule has 8 nitrogen and oxygen atoms in total. The maximum absolute atomic E-state index is 11.8. The van der Waals surface area contributed by atoms with Crippen molar-refractivity contribution >= 4 is 17.5 Å². The second kappa shape index (κ2) is 8.09. The predicted octanol–water partition coefficient (Wildman–Crippen LogP) is 1.19. The summed E-state index contributed by atoms with van der Waals surface area (Å²) in [4.78, 5) is 23.5. The van der Waals surface area contributed by atoms with Gasteiger partial charge in [-0.05, 0) is 30.7 Å². The molecule has 0 spiro atoms. The zero-order valence-electron chi connectivity index (χ0n) is 13.6. The molecule has 0 saturated heterocycles. The van der Waals surface area contributed by atoms with Crippen molar-refractivity contribution in [3.63, 3.8) is 0 Å². The predicted molar refractivity (Wildman–Crippen MR) is 90.0 cm³/mol. The van der Waals surface area contributed by atoms with Gasteiger partial charge in [-0.2, -0.15) is 0 Å². The van der Waals surface area contributed by atoms with Crippen molar-refractivity contribution in [3.05, 3.63) is 54.4 Å². The van der Waals surface area contributed by atoms with Crippen LogP contribution < -0.4 is 10.6 Å². The number of rotatable bonds is 8. The fourth-order valence-electron chi connectivity index (χ4n) is 2.41. The van der Waals surface area contributed by atoms with E-state index in [4.69, 9.17) is 4.42 Å². The number of furan rings is 1. The molecule has 25 heavy (non-hydrogen) atoms. The molecule has 2 amide bonds. The van der Waals surface area contributed by atoms with Gasteiger partial charge < -0.3 is 15.1 Å². The van der Waals surface area contributed by atoms with E-state index >= 15 is 0 Å². The average Bonchev–Trinajstić information content (AvgIpc) is 3.29. The Bertz CT molecular complexity index is 841. The van der Waals surface area contributed by atoms with E-state index in [1.165, 1.54) is 6.26 Å². The van der Waals surface area contributed by atoms with Gasteiger partial charge in [0.15, 0.2) is 11.4 Å². The normalized spacial score (nSPS) is 10.7. The number of nitrogens with zero attached hydrogens (tertiary/aromatic N) is 3. The Morgan fingerprint density at radius 2 is 2.00 bits per heavy atom. The molecule has 0 aliphatic rings. The number of carbonyl (C=O) groups excluding carboxylic acids is 2. The van der Waals surface area contributed by atoms with E-state index in [0.717, 1.165) is 11.5 Å². The van der Waals surface area contributed by atoms with Gasteiger partial charge in [-0.3, -0.25) is 14.0 Å². The SMILES string of the molecule is O=C(CCCNC(=O)c1ccco1)NCCc1nnc2ccccn12. The quantitative estimate of drug-likeness (QED) is 0.599. The Balaban J connectivity index is 1.32. The lowest BCUT2D eigenvalue weighted by Crippen LogP contribution is -2.28. The first kappa shape index (κ1) is 16.7. The molecule has 0 aromatic carbocycles. The summed E-state index contributed by atoms with van der Waals surface area (Å²) in [7, 11) is 0. The fraction of sp³-hybridized carbons (Fsp3) is 0.294. The van der Waals surface area contributed by atoms with Crippen LogP contribution in [0.4, 0.5) is 0 Å². The number of aromatic nitrogens is 3. The molecule has 3 rings (SSSR count). The highest BCUT2D eigenvalue weighted by Crippen LogP contribution is 2.03. The number of pyridine rings is 1. The lowest BCUT2D eigenvalue weighted by Gasteiger charge is -2.05. The van der Waals surface area contributed by atoms with Gasteiger partial charge in [0.25, 0.3) is 5.91 Å². The van der Waals surface area contributed by atoms with E-state index in [2.05, 4.69) is 20.8 Å². The number of nitrogens with one attached hydrogen (secondary N) is 2. The Labute approximate surface area is 144 Å². The fourth-order valence-corrected chi connectivity index (χ4v) is 2.41. The van der Waals surface area contributed by atoms with Gasteiger partial charge in [0.05, 0.1) is 6.26 Å². The molecule has 0 aliphatic carbocycles. The average molecular weight is 341 g/mol. The number of amides is 2. The van der Waals surface area contributed by atoms with Crippen LogP contribution in [0, 0.1) is 0 Å². The molecule has 8 heteroatoms. The van der Waals surface area contributed by atoms with Gasteiger partial charge in [-0.1, -0.05) is 6.07 Å². The van der Waals surface area contributed by atoms with Crippen molar-refractivity contribution in [3.8, 4) is 0 Å². The monoisotopic (exact) mass is 341 g/mol. The minimum Gasteiger partial charge on any atom is -0.459 e. The summed E-state index contributed by atoms with van der Waals surface area (Å²) in [5, 5.41) is 13.7. The molecule has 0 saturated carbocycles. The largest absolute Gasteiger partial charge is 0.459 e. The molecule has 0 bridgehead atoms. The van der Waals surface area contributed by atoms with Crippen LogP contribution in [0.1, 0.15) is 29.2 Å². The summed E-state index contributed by atoms with van der Waals surface area (Å²) in [5.41, 5.74) is 0.788. The Hall–Kier alpha value is -3.16. The van der Waals surface area contributed by atoms with Crippen LogP contribution in [-0.4, -0.2) is 39.5 Å². The van der Waals surface area contributed by atoms with Crippen molar-refractivity contribution in [2.24, 2.45) is 0 Å². The highest BCUT2D eigenvalue weighted by Gasteiger charge is 2.08. The number of hydrogen-bond acceptors (Lipinski definition) is 5. The van der Waals surface area contributed by atoms with Crippen molar-refractivity contribution in [2.45, 2.75) is 19.3 Å². The van der Waals surface area contributed by atoms with E-state index in [0.29, 0.717) is 32.4 Å². The zero-order valence-corrected chi connectivity index (χ0v) is 13.6. The van der Waals surface area contributed by atoms with Crippen LogP contribution in [-0.2, 0) is 11.2 Å². The minimum absolute atomic E-state index is 0.0546. The van der Waals surface area contributed by atoms with E-state index in [9.17, 15) is 9.59 Å². The Kier molecular flexibility index (Phi) is 5.40. The molecule has 0 atom stereocenters. The molecule has 3 aromatic heterocycles. The first-order valence-corrected chi connectivity index (χ1v) is 8.11. The van der Waals surface area contributed by atoms with Gasteiger partial charge in [0.2, 0.25) is 5.91 Å². The van der Waals surface area contributed by atoms with Crippen LogP contribution in [0.25, 0.3) is 5.65 Å². The topological polar surface area (TPSA) is 102 Å². The van der Waals surface area contributed by atoms with Gasteiger partial charge in [0, 0.05) is 32.1 Å². The van der Waals surface area contributed by atoms with Crippen LogP contribution in [0.3, 0.4) is 0 Å². The molecule has 0 fully saturated rings. The smallest absolute Gasteiger partial charge is 0.286 e. The van der Waals surface area contributed by atoms with E-state index in [1.807, 2.05) is 28.8 Å². The third-order valence-corrected chi connectivity index (χ3v) is 3.67. The van der Waals surface area contributed by atoms with Crippen LogP contribution in [0.2, 0.25) is 0 Å². The van der Waals surface area contributed by atoms with Gasteiger partial charge in [0.1, 0.15) is 5.82 Å². The van der Waals surface area contributed by atoms with Crippen molar-refractivity contribution in [1.82, 2.24) is 25.2 Å². The molecule has 0 radical (unpaired) electrons. The van der Waals surface area contributed by atoms with Gasteiger partial charge >= 0.3 is 0 Å². The van der Waals surface area contributed by atoms with Crippen molar-refractivity contribution in [2.75, 3.05) is 13.1 Å². The lowest BCUT2D eigenvalue weighted by atomic mass is 10.3. The van der Waals surface area contributed by atoms with E-state index < -0.39 is 0 Å². The van der Waals surface area contributed by atoms with E-state index in [-0.39, 0.29) is 17.6 Å². The van der Waals surface area contributed by atoms with Gasteiger partial charge in [-0.25, -0.2) is 0 Å². The number of carbonyl (C=O) groups is 2. The number of fused-ring (bicyclic) bond motifs is 1. The minimum atomic E-state index is -0.274. The van der Waals surface area contributed by atoms with Crippen LogP contribution in [0.15, 0.2) is 47.2 Å². The molecule has 2 N–H and O–H groups in total. The summed E-state index contributed by atoms with van der Waals surface area (Å²) < 4.78 is 6.89. The molecule has 130 valence electrons. The standard InChI is InChI=1S/C17H19N5O3/c23-16(7-3-9-19-17(24)13-5-4-12-25-13)18-10-8-15-21-20-14-6-1-2-11-22(14)15/h1-2,4-6,11-12H,3,7-10H2,(H,18,23)(H,19,24).